The van der Waals surface area contributed by atoms with Crippen LogP contribution >= 0.6 is 0 Å². The normalized spacial score (nSPS) is 18.2. The number of rotatable bonds is 3. The van der Waals surface area contributed by atoms with E-state index in [0.29, 0.717) is 0 Å². The molecule has 1 fully saturated rings. The lowest BCUT2D eigenvalue weighted by Crippen LogP contribution is -2.48. The molecule has 1 aliphatic rings. The van der Waals surface area contributed by atoms with Gasteiger partial charge in [-0.15, -0.1) is 0 Å². The second kappa shape index (κ2) is 3.61. The van der Waals surface area contributed by atoms with Gasteiger partial charge >= 0.3 is 5.97 Å². The Hall–Kier alpha value is -1.79. The van der Waals surface area contributed by atoms with Crippen LogP contribution in [0, 0.1) is 0 Å². The zero-order valence-electron chi connectivity index (χ0n) is 8.98. The third kappa shape index (κ3) is 1.62. The lowest BCUT2D eigenvalue weighted by atomic mass is 9.63. The molecule has 1 N–H and O–H groups in total. The van der Waals surface area contributed by atoms with E-state index in [1.165, 1.54) is 13.2 Å². The highest BCUT2D eigenvalue weighted by Gasteiger charge is 2.54. The summed E-state index contributed by atoms with van der Waals surface area (Å²) in [6.07, 6.45) is -2.08. The SMILES string of the molecule is Cn1cc(C2(C(=O)O)CC(=O)C2)c(C(F)F)n1. The van der Waals surface area contributed by atoms with Crippen LogP contribution in [0.3, 0.4) is 0 Å². The third-order valence-corrected chi connectivity index (χ3v) is 2.99. The molecule has 0 radical (unpaired) electrons. The van der Waals surface area contributed by atoms with Gasteiger partial charge in [-0.1, -0.05) is 0 Å². The van der Waals surface area contributed by atoms with Crippen molar-refractivity contribution in [3.8, 4) is 0 Å². The van der Waals surface area contributed by atoms with E-state index >= 15 is 0 Å². The zero-order chi connectivity index (χ0) is 12.8. The van der Waals surface area contributed by atoms with Crippen LogP contribution in [0.2, 0.25) is 0 Å². The number of hydrogen-bond acceptors (Lipinski definition) is 3. The van der Waals surface area contributed by atoms with Crippen molar-refractivity contribution in [3.63, 3.8) is 0 Å². The van der Waals surface area contributed by atoms with Gasteiger partial charge in [0.25, 0.3) is 6.43 Å². The number of carboxylic acid groups (broad SMARTS) is 1. The van der Waals surface area contributed by atoms with Gasteiger partial charge in [0.1, 0.15) is 16.9 Å². The lowest BCUT2D eigenvalue weighted by molar-refractivity contribution is -0.153. The van der Waals surface area contributed by atoms with E-state index < -0.39 is 23.5 Å². The maximum atomic E-state index is 12.7. The first-order valence-corrected chi connectivity index (χ1v) is 4.94. The molecule has 1 aromatic heterocycles. The summed E-state index contributed by atoms with van der Waals surface area (Å²) in [7, 11) is 1.44. The van der Waals surface area contributed by atoms with Gasteiger partial charge in [-0.05, 0) is 0 Å². The van der Waals surface area contributed by atoms with Crippen LogP contribution in [0.25, 0.3) is 0 Å². The highest BCUT2D eigenvalue weighted by molar-refractivity contribution is 6.01. The molecule has 1 heterocycles. The summed E-state index contributed by atoms with van der Waals surface area (Å²) >= 11 is 0. The predicted octanol–water partition coefficient (Wildman–Crippen LogP) is 1.04. The van der Waals surface area contributed by atoms with Gasteiger partial charge in [-0.25, -0.2) is 8.78 Å². The van der Waals surface area contributed by atoms with Crippen molar-refractivity contribution in [1.29, 1.82) is 0 Å². The standard InChI is InChI=1S/C10H10F2N2O3/c1-14-4-6(7(13-14)8(11)12)10(9(16)17)2-5(15)3-10/h4,8H,2-3H2,1H3,(H,16,17). The van der Waals surface area contributed by atoms with Gasteiger partial charge in [0.15, 0.2) is 0 Å². The molecule has 0 bridgehead atoms. The van der Waals surface area contributed by atoms with Gasteiger partial charge in [0.05, 0.1) is 0 Å². The second-order valence-corrected chi connectivity index (χ2v) is 4.18. The fraction of sp³-hybridized carbons (Fsp3) is 0.500. The molecule has 0 atom stereocenters. The maximum absolute atomic E-state index is 12.7. The van der Waals surface area contributed by atoms with Crippen LogP contribution in [0.4, 0.5) is 8.78 Å². The van der Waals surface area contributed by atoms with Crippen LogP contribution in [0.15, 0.2) is 6.20 Å². The number of carbonyl (C=O) groups is 2. The third-order valence-electron chi connectivity index (χ3n) is 2.99. The topological polar surface area (TPSA) is 72.2 Å². The van der Waals surface area contributed by atoms with Crippen molar-refractivity contribution < 1.29 is 23.5 Å². The number of aliphatic carboxylic acids is 1. The summed E-state index contributed by atoms with van der Waals surface area (Å²) in [6.45, 7) is 0. The highest BCUT2D eigenvalue weighted by Crippen LogP contribution is 2.44. The van der Waals surface area contributed by atoms with Gasteiger partial charge in [-0.3, -0.25) is 14.3 Å². The van der Waals surface area contributed by atoms with Crippen LogP contribution in [-0.2, 0) is 22.1 Å². The van der Waals surface area contributed by atoms with Crippen LogP contribution in [0.5, 0.6) is 0 Å². The molecule has 0 spiro atoms. The molecule has 0 aliphatic heterocycles. The molecule has 92 valence electrons. The van der Waals surface area contributed by atoms with Crippen molar-refractivity contribution in [3.05, 3.63) is 17.5 Å². The number of ketones is 1. The Labute approximate surface area is 95.0 Å². The number of nitrogens with zero attached hydrogens (tertiary/aromatic N) is 2. The minimum atomic E-state index is -2.85. The molecule has 1 saturated carbocycles. The van der Waals surface area contributed by atoms with Crippen molar-refractivity contribution in [2.75, 3.05) is 0 Å². The number of Topliss-reactive ketones (excluding diaryl/α,β-unsaturated/α-hetero) is 1. The lowest BCUT2D eigenvalue weighted by Gasteiger charge is -2.35. The Morgan fingerprint density at radius 1 is 1.59 bits per heavy atom. The van der Waals surface area contributed by atoms with E-state index in [9.17, 15) is 18.4 Å². The molecular weight excluding hydrogens is 234 g/mol. The number of hydrogen-bond donors (Lipinski definition) is 1. The fourth-order valence-electron chi connectivity index (χ4n) is 2.11. The first-order valence-electron chi connectivity index (χ1n) is 4.94. The molecule has 17 heavy (non-hydrogen) atoms. The number of aryl methyl sites for hydroxylation is 1. The van der Waals surface area contributed by atoms with E-state index in [1.807, 2.05) is 0 Å². The summed E-state index contributed by atoms with van der Waals surface area (Å²) in [4.78, 5) is 22.2. The smallest absolute Gasteiger partial charge is 0.315 e. The Bertz CT molecular complexity index is 488. The number of carbonyl (C=O) groups excluding carboxylic acids is 1. The Morgan fingerprint density at radius 2 is 2.18 bits per heavy atom. The van der Waals surface area contributed by atoms with Gasteiger partial charge in [-0.2, -0.15) is 5.10 Å². The van der Waals surface area contributed by atoms with Crippen molar-refractivity contribution in [2.24, 2.45) is 7.05 Å². The fourth-order valence-corrected chi connectivity index (χ4v) is 2.11. The Morgan fingerprint density at radius 3 is 2.59 bits per heavy atom. The average Bonchev–Trinajstić information content (AvgIpc) is 2.54. The first kappa shape index (κ1) is 11.7. The Balaban J connectivity index is 2.51. The summed E-state index contributed by atoms with van der Waals surface area (Å²) in [6, 6.07) is 0. The minimum Gasteiger partial charge on any atom is -0.481 e. The molecule has 1 aromatic rings. The summed E-state index contributed by atoms with van der Waals surface area (Å²) in [5, 5.41) is 12.7. The molecule has 0 amide bonds. The maximum Gasteiger partial charge on any atom is 0.315 e. The zero-order valence-corrected chi connectivity index (χ0v) is 8.98. The molecule has 0 aromatic carbocycles. The van der Waals surface area contributed by atoms with Crippen LogP contribution < -0.4 is 0 Å². The molecular formula is C10H10F2N2O3. The first-order chi connectivity index (χ1) is 7.86. The largest absolute Gasteiger partial charge is 0.481 e. The highest BCUT2D eigenvalue weighted by atomic mass is 19.3. The molecule has 7 heteroatoms. The number of alkyl halides is 2. The van der Waals surface area contributed by atoms with Gasteiger partial charge < -0.3 is 5.11 Å². The molecule has 0 saturated heterocycles. The van der Waals surface area contributed by atoms with E-state index in [-0.39, 0.29) is 24.2 Å². The van der Waals surface area contributed by atoms with Crippen molar-refractivity contribution in [2.45, 2.75) is 24.7 Å². The number of carboxylic acids is 1. The summed E-state index contributed by atoms with van der Waals surface area (Å²) in [5.74, 6) is -1.50. The van der Waals surface area contributed by atoms with Crippen molar-refractivity contribution >= 4 is 11.8 Å². The second-order valence-electron chi connectivity index (χ2n) is 4.18. The van der Waals surface area contributed by atoms with E-state index in [0.717, 1.165) is 4.68 Å². The van der Waals surface area contributed by atoms with Gasteiger partial charge in [0.2, 0.25) is 0 Å². The number of aromatic nitrogens is 2. The monoisotopic (exact) mass is 244 g/mol. The van der Waals surface area contributed by atoms with Gasteiger partial charge in [0, 0.05) is 31.6 Å². The molecule has 5 nitrogen and oxygen atoms in total. The predicted molar refractivity (Wildman–Crippen MR) is 51.7 cm³/mol. The number of halogens is 2. The van der Waals surface area contributed by atoms with Crippen LogP contribution in [0.1, 0.15) is 30.5 Å². The molecule has 2 rings (SSSR count). The van der Waals surface area contributed by atoms with Crippen LogP contribution in [-0.4, -0.2) is 26.6 Å². The summed E-state index contributed by atoms with van der Waals surface area (Å²) < 4.78 is 26.6. The average molecular weight is 244 g/mol. The summed E-state index contributed by atoms with van der Waals surface area (Å²) in [5.41, 5.74) is -2.12. The molecule has 0 unspecified atom stereocenters. The Kier molecular flexibility index (Phi) is 2.48. The quantitative estimate of drug-likeness (QED) is 0.862. The van der Waals surface area contributed by atoms with E-state index in [1.54, 1.807) is 0 Å². The minimum absolute atomic E-state index is 0.0536. The van der Waals surface area contributed by atoms with Crippen molar-refractivity contribution in [1.82, 2.24) is 9.78 Å². The molecule has 1 aliphatic carbocycles. The van der Waals surface area contributed by atoms with E-state index in [2.05, 4.69) is 5.10 Å². The van der Waals surface area contributed by atoms with E-state index in [4.69, 9.17) is 5.11 Å².